The van der Waals surface area contributed by atoms with E-state index in [4.69, 9.17) is 10.1 Å². The van der Waals surface area contributed by atoms with E-state index in [0.717, 1.165) is 11.4 Å². The Morgan fingerprint density at radius 1 is 1.21 bits per heavy atom. The summed E-state index contributed by atoms with van der Waals surface area (Å²) in [6, 6.07) is 0.920. The summed E-state index contributed by atoms with van der Waals surface area (Å²) < 4.78 is 0. The molecule has 1 aliphatic rings. The van der Waals surface area contributed by atoms with E-state index >= 15 is 0 Å². The molecule has 0 aliphatic heterocycles. The van der Waals surface area contributed by atoms with Crippen molar-refractivity contribution in [2.45, 2.75) is 64.5 Å². The minimum absolute atomic E-state index is 0.433. The highest BCUT2D eigenvalue weighted by Gasteiger charge is 2.22. The minimum Gasteiger partial charge on any atom is -0.444 e. The topological polar surface area (TPSA) is 69.1 Å². The molecule has 0 saturated heterocycles. The van der Waals surface area contributed by atoms with Crippen LogP contribution in [-0.4, -0.2) is 11.6 Å². The van der Waals surface area contributed by atoms with E-state index in [1.54, 1.807) is 0 Å². The average molecular weight is 202 g/mol. The standard InChI is InChI=1S/C10H21N.HNO2/c1-10(2,3)11-9-7-5-4-6-8-9;2-1-3/h9,11H,4-8H2,1-3H3;(H,2,3). The highest BCUT2D eigenvalue weighted by molar-refractivity contribution is 4.65. The Morgan fingerprint density at radius 3 is 2.00 bits per heavy atom. The van der Waals surface area contributed by atoms with Crippen LogP contribution in [0.15, 0.2) is 5.34 Å². The number of rotatable bonds is 1. The molecule has 0 unspecified atom stereocenters. The average Bonchev–Trinajstić information content (AvgIpc) is 2.04. The summed E-state index contributed by atoms with van der Waals surface area (Å²) in [4.78, 5) is 8.00. The molecule has 0 radical (unpaired) electrons. The zero-order valence-electron chi connectivity index (χ0n) is 9.45. The van der Waals surface area contributed by atoms with Crippen LogP contribution in [0.1, 0.15) is 52.9 Å². The zero-order valence-corrected chi connectivity index (χ0v) is 9.45. The normalized spacial score (nSPS) is 18.2. The van der Waals surface area contributed by atoms with Crippen molar-refractivity contribution in [3.63, 3.8) is 0 Å². The lowest BCUT2D eigenvalue weighted by Crippen LogP contribution is -2.99. The van der Waals surface area contributed by atoms with Gasteiger partial charge in [0.25, 0.3) is 0 Å². The fraction of sp³-hybridized carbons (Fsp3) is 1.00. The molecule has 0 aromatic carbocycles. The molecule has 1 fully saturated rings. The Labute approximate surface area is 86.0 Å². The lowest BCUT2D eigenvalue weighted by Gasteiger charge is -2.27. The molecule has 0 amide bonds. The van der Waals surface area contributed by atoms with Gasteiger partial charge in [0.15, 0.2) is 0 Å². The van der Waals surface area contributed by atoms with Gasteiger partial charge in [0.05, 0.1) is 11.6 Å². The van der Waals surface area contributed by atoms with Crippen molar-refractivity contribution < 1.29 is 5.32 Å². The van der Waals surface area contributed by atoms with Crippen molar-refractivity contribution in [2.24, 2.45) is 5.34 Å². The molecule has 0 heterocycles. The summed E-state index contributed by atoms with van der Waals surface area (Å²) in [6.07, 6.45) is 7.26. The number of nitrogens with zero attached hydrogens (tertiary/aromatic N) is 1. The van der Waals surface area contributed by atoms with Crippen LogP contribution >= 0.6 is 0 Å². The van der Waals surface area contributed by atoms with Crippen LogP contribution in [0.5, 0.6) is 0 Å². The number of hydrogen-bond donors (Lipinski definition) is 1. The molecule has 1 saturated carbocycles. The molecule has 2 N–H and O–H groups in total. The summed E-state index contributed by atoms with van der Waals surface area (Å²) in [7, 11) is 0. The molecule has 0 spiro atoms. The summed E-state index contributed by atoms with van der Waals surface area (Å²) in [6.45, 7) is 6.92. The lowest BCUT2D eigenvalue weighted by molar-refractivity contribution is -0.749. The van der Waals surface area contributed by atoms with Crippen LogP contribution < -0.4 is 5.32 Å². The Balaban J connectivity index is 0.000000500. The number of hydrogen-bond acceptors (Lipinski definition) is 3. The first-order chi connectivity index (χ1) is 6.49. The lowest BCUT2D eigenvalue weighted by atomic mass is 9.93. The van der Waals surface area contributed by atoms with Gasteiger partial charge in [0.2, 0.25) is 0 Å². The van der Waals surface area contributed by atoms with Crippen LogP contribution in [-0.2, 0) is 0 Å². The van der Waals surface area contributed by atoms with Crippen LogP contribution in [0, 0.1) is 10.1 Å². The third-order valence-electron chi connectivity index (χ3n) is 2.39. The molecule has 1 rings (SSSR count). The summed E-state index contributed by atoms with van der Waals surface area (Å²) >= 11 is 0. The third-order valence-corrected chi connectivity index (χ3v) is 2.39. The first-order valence-corrected chi connectivity index (χ1v) is 5.30. The van der Waals surface area contributed by atoms with Crippen LogP contribution in [0.3, 0.4) is 0 Å². The van der Waals surface area contributed by atoms with Gasteiger partial charge in [0.1, 0.15) is 0 Å². The summed E-state index contributed by atoms with van der Waals surface area (Å²) in [5.41, 5.74) is 0.433. The highest BCUT2D eigenvalue weighted by Crippen LogP contribution is 2.15. The van der Waals surface area contributed by atoms with Crippen LogP contribution in [0.2, 0.25) is 0 Å². The van der Waals surface area contributed by atoms with Crippen LogP contribution in [0.25, 0.3) is 0 Å². The van der Waals surface area contributed by atoms with Gasteiger partial charge in [-0.15, -0.1) is 5.34 Å². The van der Waals surface area contributed by atoms with Gasteiger partial charge in [-0.1, -0.05) is 6.42 Å². The maximum absolute atomic E-state index is 8.00. The van der Waals surface area contributed by atoms with E-state index in [0.29, 0.717) is 5.54 Å². The number of nitrogens with two attached hydrogens (primary N) is 1. The third kappa shape index (κ3) is 7.98. The van der Waals surface area contributed by atoms with Gasteiger partial charge < -0.3 is 15.4 Å². The Morgan fingerprint density at radius 2 is 1.64 bits per heavy atom. The second kappa shape index (κ2) is 6.76. The molecule has 0 aromatic rings. The fourth-order valence-corrected chi connectivity index (χ4v) is 2.01. The van der Waals surface area contributed by atoms with E-state index in [9.17, 15) is 0 Å². The van der Waals surface area contributed by atoms with Crippen molar-refractivity contribution in [3.8, 4) is 0 Å². The molecule has 84 valence electrons. The molecular formula is C10H22N2O2. The number of quaternary nitrogens is 1. The van der Waals surface area contributed by atoms with E-state index in [-0.39, 0.29) is 0 Å². The predicted molar refractivity (Wildman–Crippen MR) is 57.7 cm³/mol. The van der Waals surface area contributed by atoms with E-state index in [1.807, 2.05) is 0 Å². The molecule has 0 atom stereocenters. The quantitative estimate of drug-likeness (QED) is 0.521. The Hall–Kier alpha value is -0.640. The SMILES string of the molecule is CC(C)(C)[NH2+]C1CCCCC1.O=N[O-]. The zero-order chi connectivity index (χ0) is 11.0. The van der Waals surface area contributed by atoms with E-state index < -0.39 is 0 Å². The highest BCUT2D eigenvalue weighted by atomic mass is 16.6. The molecule has 1 aliphatic carbocycles. The second-order valence-corrected chi connectivity index (χ2v) is 5.01. The molecule has 0 bridgehead atoms. The first kappa shape index (κ1) is 13.4. The summed E-state index contributed by atoms with van der Waals surface area (Å²) in [5, 5.41) is 11.5. The molecular weight excluding hydrogens is 180 g/mol. The second-order valence-electron chi connectivity index (χ2n) is 5.01. The molecule has 4 nitrogen and oxygen atoms in total. The largest absolute Gasteiger partial charge is 0.444 e. The van der Waals surface area contributed by atoms with Crippen LogP contribution in [0.4, 0.5) is 0 Å². The predicted octanol–water partition coefficient (Wildman–Crippen LogP) is 1.93. The molecule has 14 heavy (non-hydrogen) atoms. The molecule has 4 heteroatoms. The van der Waals surface area contributed by atoms with Crippen molar-refractivity contribution in [2.75, 3.05) is 0 Å². The maximum Gasteiger partial charge on any atom is 0.0878 e. The van der Waals surface area contributed by atoms with Gasteiger partial charge in [-0.05, 0) is 46.5 Å². The van der Waals surface area contributed by atoms with Crippen molar-refractivity contribution in [3.05, 3.63) is 10.1 Å². The van der Waals surface area contributed by atoms with E-state index in [1.165, 1.54) is 32.1 Å². The van der Waals surface area contributed by atoms with E-state index in [2.05, 4.69) is 26.1 Å². The monoisotopic (exact) mass is 202 g/mol. The van der Waals surface area contributed by atoms with Crippen molar-refractivity contribution >= 4 is 0 Å². The first-order valence-electron chi connectivity index (χ1n) is 5.30. The molecule has 0 aromatic heterocycles. The minimum atomic E-state index is 0.433. The van der Waals surface area contributed by atoms with Crippen molar-refractivity contribution in [1.82, 2.24) is 0 Å². The maximum atomic E-state index is 8.00. The van der Waals surface area contributed by atoms with Crippen molar-refractivity contribution in [1.29, 1.82) is 0 Å². The van der Waals surface area contributed by atoms with Gasteiger partial charge in [-0.2, -0.15) is 0 Å². The van der Waals surface area contributed by atoms with Gasteiger partial charge >= 0.3 is 0 Å². The Bertz CT molecular complexity index is 149. The van der Waals surface area contributed by atoms with Gasteiger partial charge in [-0.25, -0.2) is 0 Å². The fourth-order valence-electron chi connectivity index (χ4n) is 2.01. The van der Waals surface area contributed by atoms with Gasteiger partial charge in [-0.3, -0.25) is 0 Å². The van der Waals surface area contributed by atoms with Gasteiger partial charge in [0, 0.05) is 0 Å². The smallest absolute Gasteiger partial charge is 0.0878 e. The Kier molecular flexibility index (Phi) is 6.45. The summed E-state index contributed by atoms with van der Waals surface area (Å²) in [5.74, 6) is 0.